The van der Waals surface area contributed by atoms with Crippen LogP contribution in [0.5, 0.6) is 0 Å². The van der Waals surface area contributed by atoms with Gasteiger partial charge >= 0.3 is 0 Å². The van der Waals surface area contributed by atoms with Crippen molar-refractivity contribution in [1.82, 2.24) is 9.97 Å². The van der Waals surface area contributed by atoms with Gasteiger partial charge in [0, 0.05) is 24.4 Å². The summed E-state index contributed by atoms with van der Waals surface area (Å²) < 4.78 is 27.1. The first-order chi connectivity index (χ1) is 9.99. The maximum atomic E-state index is 13.7. The maximum absolute atomic E-state index is 13.7. The smallest absolute Gasteiger partial charge is 0.224 e. The Hall–Kier alpha value is -1.76. The monoisotopic (exact) mass is 356 g/mol. The minimum absolute atomic E-state index is 0.141. The number of rotatable bonds is 5. The number of aromatic nitrogens is 2. The molecule has 0 atom stereocenters. The summed E-state index contributed by atoms with van der Waals surface area (Å²) in [6.07, 6.45) is 0.944. The van der Waals surface area contributed by atoms with E-state index in [1.807, 2.05) is 13.8 Å². The van der Waals surface area contributed by atoms with Crippen molar-refractivity contribution in [3.8, 4) is 0 Å². The molecule has 1 heterocycles. The van der Waals surface area contributed by atoms with Crippen LogP contribution in [0.25, 0.3) is 0 Å². The Morgan fingerprint density at radius 2 is 1.90 bits per heavy atom. The van der Waals surface area contributed by atoms with Crippen molar-refractivity contribution in [2.75, 3.05) is 17.2 Å². The first-order valence-electron chi connectivity index (χ1n) is 6.50. The second-order valence-corrected chi connectivity index (χ2v) is 5.37. The zero-order chi connectivity index (χ0) is 15.4. The molecule has 2 rings (SSSR count). The molecule has 0 bridgehead atoms. The molecule has 2 aromatic rings. The highest BCUT2D eigenvalue weighted by Gasteiger charge is 2.10. The first-order valence-corrected chi connectivity index (χ1v) is 7.30. The van der Waals surface area contributed by atoms with Gasteiger partial charge in [0.15, 0.2) is 0 Å². The van der Waals surface area contributed by atoms with Crippen molar-refractivity contribution >= 4 is 33.4 Å². The van der Waals surface area contributed by atoms with Crippen molar-refractivity contribution in [3.05, 3.63) is 40.0 Å². The molecule has 4 nitrogen and oxygen atoms in total. The topological polar surface area (TPSA) is 49.8 Å². The van der Waals surface area contributed by atoms with Gasteiger partial charge in [-0.1, -0.05) is 6.92 Å². The van der Waals surface area contributed by atoms with Crippen molar-refractivity contribution in [2.24, 2.45) is 0 Å². The van der Waals surface area contributed by atoms with E-state index in [9.17, 15) is 8.78 Å². The molecule has 0 saturated carbocycles. The lowest BCUT2D eigenvalue weighted by atomic mass is 10.3. The highest BCUT2D eigenvalue weighted by molar-refractivity contribution is 9.10. The van der Waals surface area contributed by atoms with E-state index in [-0.39, 0.29) is 10.2 Å². The Morgan fingerprint density at radius 3 is 2.62 bits per heavy atom. The van der Waals surface area contributed by atoms with Gasteiger partial charge in [0.25, 0.3) is 0 Å². The Kier molecular flexibility index (Phi) is 5.06. The lowest BCUT2D eigenvalue weighted by molar-refractivity contribution is 0.581. The molecule has 0 spiro atoms. The van der Waals surface area contributed by atoms with Crippen LogP contribution in [-0.2, 0) is 0 Å². The molecule has 1 aromatic carbocycles. The number of benzene rings is 1. The predicted molar refractivity (Wildman–Crippen MR) is 82.9 cm³/mol. The largest absolute Gasteiger partial charge is 0.354 e. The highest BCUT2D eigenvalue weighted by atomic mass is 79.9. The summed E-state index contributed by atoms with van der Waals surface area (Å²) in [5.74, 6) is -0.420. The van der Waals surface area contributed by atoms with E-state index in [2.05, 4.69) is 36.5 Å². The van der Waals surface area contributed by atoms with Crippen LogP contribution in [0, 0.1) is 18.6 Å². The van der Waals surface area contributed by atoms with Gasteiger partial charge in [0.1, 0.15) is 17.5 Å². The van der Waals surface area contributed by atoms with Gasteiger partial charge in [-0.05, 0) is 35.3 Å². The number of anilines is 3. The minimum atomic E-state index is -0.685. The summed E-state index contributed by atoms with van der Waals surface area (Å²) in [6, 6.07) is 3.84. The van der Waals surface area contributed by atoms with Crippen LogP contribution in [0.15, 0.2) is 22.7 Å². The Balaban J connectivity index is 2.27. The molecule has 21 heavy (non-hydrogen) atoms. The summed E-state index contributed by atoms with van der Waals surface area (Å²) in [5, 5.41) is 5.91. The third kappa shape index (κ3) is 4.10. The molecule has 0 fully saturated rings. The van der Waals surface area contributed by atoms with Crippen LogP contribution in [0.4, 0.5) is 26.2 Å². The van der Waals surface area contributed by atoms with Crippen molar-refractivity contribution in [3.63, 3.8) is 0 Å². The second kappa shape index (κ2) is 6.80. The quantitative estimate of drug-likeness (QED) is 0.780. The van der Waals surface area contributed by atoms with E-state index in [1.165, 1.54) is 6.07 Å². The fourth-order valence-corrected chi connectivity index (χ4v) is 2.05. The van der Waals surface area contributed by atoms with Gasteiger partial charge in [0.2, 0.25) is 5.95 Å². The average Bonchev–Trinajstić information content (AvgIpc) is 2.42. The number of nitrogens with zero attached hydrogens (tertiary/aromatic N) is 2. The fraction of sp³-hybridized carbons (Fsp3) is 0.286. The SMILES string of the molecule is CCCNc1nc(C)cc(Nc2cc(Br)c(F)cc2F)n1. The summed E-state index contributed by atoms with van der Waals surface area (Å²) in [5.41, 5.74) is 0.885. The molecule has 0 unspecified atom stereocenters. The lowest BCUT2D eigenvalue weighted by Gasteiger charge is -2.10. The third-order valence-corrected chi connectivity index (χ3v) is 3.27. The zero-order valence-corrected chi connectivity index (χ0v) is 13.3. The molecule has 2 N–H and O–H groups in total. The summed E-state index contributed by atoms with van der Waals surface area (Å²) in [4.78, 5) is 8.49. The Labute approximate surface area is 130 Å². The van der Waals surface area contributed by atoms with E-state index in [0.717, 1.165) is 24.7 Å². The van der Waals surface area contributed by atoms with Gasteiger partial charge in [-0.3, -0.25) is 0 Å². The normalized spacial score (nSPS) is 10.5. The fourth-order valence-electron chi connectivity index (χ4n) is 1.70. The Morgan fingerprint density at radius 1 is 1.14 bits per heavy atom. The van der Waals surface area contributed by atoms with Crippen LogP contribution in [0.1, 0.15) is 19.0 Å². The van der Waals surface area contributed by atoms with Crippen LogP contribution in [0.3, 0.4) is 0 Å². The van der Waals surface area contributed by atoms with Crippen LogP contribution in [0.2, 0.25) is 0 Å². The molecular weight excluding hydrogens is 342 g/mol. The average molecular weight is 357 g/mol. The molecule has 0 aliphatic rings. The van der Waals surface area contributed by atoms with Crippen LogP contribution in [-0.4, -0.2) is 16.5 Å². The van der Waals surface area contributed by atoms with Crippen molar-refractivity contribution in [1.29, 1.82) is 0 Å². The van der Waals surface area contributed by atoms with Crippen LogP contribution >= 0.6 is 15.9 Å². The molecule has 112 valence electrons. The van der Waals surface area contributed by atoms with Gasteiger partial charge in [-0.15, -0.1) is 0 Å². The summed E-state index contributed by atoms with van der Waals surface area (Å²) >= 11 is 3.03. The van der Waals surface area contributed by atoms with Crippen molar-refractivity contribution < 1.29 is 8.78 Å². The third-order valence-electron chi connectivity index (χ3n) is 2.66. The number of halogens is 3. The molecule has 0 radical (unpaired) electrons. The maximum Gasteiger partial charge on any atom is 0.224 e. The Bertz CT molecular complexity index is 649. The van der Waals surface area contributed by atoms with Gasteiger partial charge in [0.05, 0.1) is 10.2 Å². The standard InChI is InChI=1S/C14H15BrF2N4/c1-3-4-18-14-19-8(2)5-13(21-14)20-12-6-9(15)10(16)7-11(12)17/h5-7H,3-4H2,1-2H3,(H2,18,19,20,21). The van der Waals surface area contributed by atoms with E-state index in [0.29, 0.717) is 11.8 Å². The molecule has 0 aliphatic carbocycles. The predicted octanol–water partition coefficient (Wildman–Crippen LogP) is 4.39. The van der Waals surface area contributed by atoms with Crippen LogP contribution < -0.4 is 10.6 Å². The van der Waals surface area contributed by atoms with E-state index in [4.69, 9.17) is 0 Å². The number of hydrogen-bond donors (Lipinski definition) is 2. The van der Waals surface area contributed by atoms with E-state index in [1.54, 1.807) is 6.07 Å². The lowest BCUT2D eigenvalue weighted by Crippen LogP contribution is -2.07. The zero-order valence-electron chi connectivity index (χ0n) is 11.7. The number of aryl methyl sites for hydroxylation is 1. The first kappa shape index (κ1) is 15.6. The van der Waals surface area contributed by atoms with Crippen molar-refractivity contribution in [2.45, 2.75) is 20.3 Å². The second-order valence-electron chi connectivity index (χ2n) is 4.52. The molecular formula is C14H15BrF2N4. The highest BCUT2D eigenvalue weighted by Crippen LogP contribution is 2.26. The minimum Gasteiger partial charge on any atom is -0.354 e. The molecule has 0 saturated heterocycles. The number of nitrogens with one attached hydrogen (secondary N) is 2. The molecule has 1 aromatic heterocycles. The van der Waals surface area contributed by atoms with E-state index >= 15 is 0 Å². The molecule has 0 aliphatic heterocycles. The van der Waals surface area contributed by atoms with Gasteiger partial charge in [-0.25, -0.2) is 13.8 Å². The van der Waals surface area contributed by atoms with Gasteiger partial charge < -0.3 is 10.6 Å². The summed E-state index contributed by atoms with van der Waals surface area (Å²) in [6.45, 7) is 4.60. The summed E-state index contributed by atoms with van der Waals surface area (Å²) in [7, 11) is 0. The molecule has 7 heteroatoms. The number of hydrogen-bond acceptors (Lipinski definition) is 4. The van der Waals surface area contributed by atoms with E-state index < -0.39 is 11.6 Å². The molecule has 0 amide bonds. The van der Waals surface area contributed by atoms with Gasteiger partial charge in [-0.2, -0.15) is 4.98 Å².